The van der Waals surface area contributed by atoms with Crippen LogP contribution in [0.4, 0.5) is 13.2 Å². The summed E-state index contributed by atoms with van der Waals surface area (Å²) in [5, 5.41) is 4.60. The summed E-state index contributed by atoms with van der Waals surface area (Å²) in [4.78, 5) is 0. The summed E-state index contributed by atoms with van der Waals surface area (Å²) in [7, 11) is 0. The normalized spacial score (nSPS) is 12.0. The van der Waals surface area contributed by atoms with Crippen molar-refractivity contribution in [2.45, 2.75) is 19.8 Å². The maximum Gasteiger partial charge on any atom is 0.573 e. The van der Waals surface area contributed by atoms with Gasteiger partial charge >= 0.3 is 6.36 Å². The van der Waals surface area contributed by atoms with Crippen LogP contribution < -0.4 is 4.74 Å². The first-order valence-electron chi connectivity index (χ1n) is 4.71. The maximum absolute atomic E-state index is 12.2. The van der Waals surface area contributed by atoms with E-state index < -0.39 is 6.36 Å². The molecule has 3 nitrogen and oxygen atoms in total. The molecule has 0 N–H and O–H groups in total. The average molecular weight is 230 g/mol. The summed E-state index contributed by atoms with van der Waals surface area (Å²) in [5.41, 5.74) is 0.363. The highest BCUT2D eigenvalue weighted by atomic mass is 19.4. The van der Waals surface area contributed by atoms with E-state index in [9.17, 15) is 13.2 Å². The zero-order valence-corrected chi connectivity index (χ0v) is 8.45. The monoisotopic (exact) mass is 230 g/mol. The number of aryl methyl sites for hydroxylation is 1. The van der Waals surface area contributed by atoms with Gasteiger partial charge in [-0.1, -0.05) is 12.1 Å². The molecule has 0 spiro atoms. The van der Waals surface area contributed by atoms with Crippen LogP contribution in [0.1, 0.15) is 6.92 Å². The van der Waals surface area contributed by atoms with Crippen molar-refractivity contribution < 1.29 is 17.9 Å². The second kappa shape index (κ2) is 3.70. The zero-order chi connectivity index (χ0) is 11.8. The molecule has 1 aromatic carbocycles. The van der Waals surface area contributed by atoms with Crippen molar-refractivity contribution >= 4 is 10.9 Å². The minimum Gasteiger partial charge on any atom is -0.403 e. The molecule has 0 aliphatic heterocycles. The molecule has 0 saturated carbocycles. The predicted octanol–water partition coefficient (Wildman–Crippen LogP) is 2.95. The lowest BCUT2D eigenvalue weighted by Gasteiger charge is -2.10. The highest BCUT2D eigenvalue weighted by molar-refractivity contribution is 5.84. The lowest BCUT2D eigenvalue weighted by Crippen LogP contribution is -2.17. The first kappa shape index (κ1) is 10.8. The fraction of sp³-hybridized carbons (Fsp3) is 0.300. The summed E-state index contributed by atoms with van der Waals surface area (Å²) in [6, 6.07) is 4.48. The third-order valence-corrected chi connectivity index (χ3v) is 2.15. The summed E-state index contributed by atoms with van der Waals surface area (Å²) in [6.07, 6.45) is -3.17. The lowest BCUT2D eigenvalue weighted by atomic mass is 10.2. The van der Waals surface area contributed by atoms with Crippen LogP contribution in [0.15, 0.2) is 24.4 Å². The third-order valence-electron chi connectivity index (χ3n) is 2.15. The molecule has 0 bridgehead atoms. The van der Waals surface area contributed by atoms with E-state index >= 15 is 0 Å². The SMILES string of the molecule is CCn1ncc2cccc(OC(F)(F)F)c21. The van der Waals surface area contributed by atoms with Crippen LogP contribution in [0, 0.1) is 0 Å². The van der Waals surface area contributed by atoms with Gasteiger partial charge in [-0.2, -0.15) is 5.10 Å². The van der Waals surface area contributed by atoms with Crippen LogP contribution in [0.5, 0.6) is 5.75 Å². The number of fused-ring (bicyclic) bond motifs is 1. The maximum atomic E-state index is 12.2. The number of hydrogen-bond donors (Lipinski definition) is 0. The van der Waals surface area contributed by atoms with Gasteiger partial charge in [0.05, 0.1) is 6.20 Å². The number of alkyl halides is 3. The Morgan fingerprint density at radius 1 is 1.38 bits per heavy atom. The molecule has 0 saturated heterocycles. The molecule has 16 heavy (non-hydrogen) atoms. The Morgan fingerprint density at radius 3 is 2.75 bits per heavy atom. The Labute approximate surface area is 89.4 Å². The summed E-state index contributed by atoms with van der Waals surface area (Å²) in [5.74, 6) is -0.218. The fourth-order valence-electron chi connectivity index (χ4n) is 1.56. The Bertz CT molecular complexity index is 504. The van der Waals surface area contributed by atoms with Crippen molar-refractivity contribution in [3.05, 3.63) is 24.4 Å². The van der Waals surface area contributed by atoms with Crippen LogP contribution in [0.2, 0.25) is 0 Å². The second-order valence-electron chi connectivity index (χ2n) is 3.20. The molecule has 2 rings (SSSR count). The van der Waals surface area contributed by atoms with Crippen LogP contribution in [-0.2, 0) is 6.54 Å². The summed E-state index contributed by atoms with van der Waals surface area (Å²) >= 11 is 0. The molecule has 0 radical (unpaired) electrons. The van der Waals surface area contributed by atoms with Gasteiger partial charge in [-0.3, -0.25) is 4.68 Å². The van der Waals surface area contributed by atoms with Crippen molar-refractivity contribution in [1.29, 1.82) is 0 Å². The molecule has 0 amide bonds. The molecule has 0 aliphatic carbocycles. The molecule has 2 aromatic rings. The van der Waals surface area contributed by atoms with Crippen molar-refractivity contribution in [2.24, 2.45) is 0 Å². The van der Waals surface area contributed by atoms with Crippen molar-refractivity contribution in [1.82, 2.24) is 9.78 Å². The first-order chi connectivity index (χ1) is 7.51. The molecular formula is C10H9F3N2O. The predicted molar refractivity (Wildman–Crippen MR) is 52.1 cm³/mol. The molecule has 1 aromatic heterocycles. The Morgan fingerprint density at radius 2 is 2.12 bits per heavy atom. The molecule has 0 fully saturated rings. The van der Waals surface area contributed by atoms with Crippen LogP contribution in [0.3, 0.4) is 0 Å². The number of nitrogens with zero attached hydrogens (tertiary/aromatic N) is 2. The number of halogens is 3. The van der Waals surface area contributed by atoms with E-state index in [4.69, 9.17) is 0 Å². The molecule has 0 aliphatic rings. The second-order valence-corrected chi connectivity index (χ2v) is 3.20. The van der Waals surface area contributed by atoms with Gasteiger partial charge in [0, 0.05) is 11.9 Å². The largest absolute Gasteiger partial charge is 0.573 e. The van der Waals surface area contributed by atoms with Gasteiger partial charge in [0.25, 0.3) is 0 Å². The number of aromatic nitrogens is 2. The van der Waals surface area contributed by atoms with E-state index in [1.54, 1.807) is 13.0 Å². The molecule has 6 heteroatoms. The van der Waals surface area contributed by atoms with Crippen LogP contribution >= 0.6 is 0 Å². The van der Waals surface area contributed by atoms with Gasteiger partial charge in [0.1, 0.15) is 5.52 Å². The van der Waals surface area contributed by atoms with E-state index in [-0.39, 0.29) is 5.75 Å². The van der Waals surface area contributed by atoms with E-state index in [1.807, 2.05) is 0 Å². The highest BCUT2D eigenvalue weighted by Crippen LogP contribution is 2.30. The minimum absolute atomic E-state index is 0.218. The number of hydrogen-bond acceptors (Lipinski definition) is 2. The van der Waals surface area contributed by atoms with Crippen LogP contribution in [-0.4, -0.2) is 16.1 Å². The lowest BCUT2D eigenvalue weighted by molar-refractivity contribution is -0.274. The molecule has 86 valence electrons. The van der Waals surface area contributed by atoms with E-state index in [2.05, 4.69) is 9.84 Å². The molecule has 1 heterocycles. The Hall–Kier alpha value is -1.72. The Kier molecular flexibility index (Phi) is 2.49. The van der Waals surface area contributed by atoms with E-state index in [1.165, 1.54) is 23.0 Å². The van der Waals surface area contributed by atoms with Crippen molar-refractivity contribution in [3.8, 4) is 5.75 Å². The highest BCUT2D eigenvalue weighted by Gasteiger charge is 2.32. The van der Waals surface area contributed by atoms with E-state index in [0.29, 0.717) is 17.4 Å². The van der Waals surface area contributed by atoms with Gasteiger partial charge in [-0.15, -0.1) is 13.2 Å². The Balaban J connectivity index is 2.55. The summed E-state index contributed by atoms with van der Waals surface area (Å²) < 4.78 is 41.9. The zero-order valence-electron chi connectivity index (χ0n) is 8.45. The quantitative estimate of drug-likeness (QED) is 0.793. The topological polar surface area (TPSA) is 27.1 Å². The molecular weight excluding hydrogens is 221 g/mol. The molecule has 0 atom stereocenters. The van der Waals surface area contributed by atoms with Gasteiger partial charge < -0.3 is 4.74 Å². The number of rotatable bonds is 2. The van der Waals surface area contributed by atoms with Gasteiger partial charge in [0.2, 0.25) is 0 Å². The first-order valence-corrected chi connectivity index (χ1v) is 4.71. The van der Waals surface area contributed by atoms with Crippen molar-refractivity contribution in [3.63, 3.8) is 0 Å². The number of ether oxygens (including phenoxy) is 1. The van der Waals surface area contributed by atoms with E-state index in [0.717, 1.165) is 0 Å². The minimum atomic E-state index is -4.68. The van der Waals surface area contributed by atoms with Gasteiger partial charge in [-0.05, 0) is 13.0 Å². The van der Waals surface area contributed by atoms with Crippen molar-refractivity contribution in [2.75, 3.05) is 0 Å². The van der Waals surface area contributed by atoms with Crippen LogP contribution in [0.25, 0.3) is 10.9 Å². The van der Waals surface area contributed by atoms with Gasteiger partial charge in [0.15, 0.2) is 5.75 Å². The number of para-hydroxylation sites is 1. The average Bonchev–Trinajstić information content (AvgIpc) is 2.59. The molecule has 0 unspecified atom stereocenters. The number of benzene rings is 1. The van der Waals surface area contributed by atoms with Gasteiger partial charge in [-0.25, -0.2) is 0 Å². The third kappa shape index (κ3) is 1.95. The summed E-state index contributed by atoms with van der Waals surface area (Å²) in [6.45, 7) is 2.29. The smallest absolute Gasteiger partial charge is 0.403 e. The fourth-order valence-corrected chi connectivity index (χ4v) is 1.56. The standard InChI is InChI=1S/C10H9F3N2O/c1-2-15-9-7(6-14-15)4-3-5-8(9)16-10(11,12)13/h3-6H,2H2,1H3.